The minimum absolute atomic E-state index is 0.193. The first-order valence-corrected chi connectivity index (χ1v) is 6.79. The summed E-state index contributed by atoms with van der Waals surface area (Å²) in [4.78, 5) is 10.5. The highest BCUT2D eigenvalue weighted by atomic mass is 32.2. The number of aliphatic carboxylic acids is 1. The monoisotopic (exact) mass is 258 g/mol. The van der Waals surface area contributed by atoms with Crippen molar-refractivity contribution in [3.63, 3.8) is 0 Å². The number of sulfone groups is 1. The summed E-state index contributed by atoms with van der Waals surface area (Å²) in [5.74, 6) is -2.32. The number of hydrogen-bond acceptors (Lipinski definition) is 4. The van der Waals surface area contributed by atoms with E-state index in [2.05, 4.69) is 0 Å². The number of ether oxygens (including phenoxy) is 1. The van der Waals surface area contributed by atoms with Crippen molar-refractivity contribution >= 4 is 15.8 Å². The van der Waals surface area contributed by atoms with Crippen LogP contribution in [0.4, 0.5) is 0 Å². The molecule has 1 rings (SSSR count). The Morgan fingerprint density at radius 3 is 2.41 bits per heavy atom. The SMILES string of the molecule is CCOC(c1ccccc1)S(=O)(=O)CC(=O)O. The lowest BCUT2D eigenvalue weighted by molar-refractivity contribution is -0.134. The number of carboxylic acids is 1. The minimum Gasteiger partial charge on any atom is -0.480 e. The first kappa shape index (κ1) is 13.7. The third-order valence-electron chi connectivity index (χ3n) is 2.04. The zero-order chi connectivity index (χ0) is 12.9. The van der Waals surface area contributed by atoms with E-state index in [-0.39, 0.29) is 6.61 Å². The Morgan fingerprint density at radius 1 is 1.35 bits per heavy atom. The summed E-state index contributed by atoms with van der Waals surface area (Å²) in [7, 11) is -3.86. The molecule has 0 bridgehead atoms. The number of carbonyl (C=O) groups is 1. The first-order valence-electron chi connectivity index (χ1n) is 5.07. The van der Waals surface area contributed by atoms with Gasteiger partial charge in [-0.1, -0.05) is 30.3 Å². The second kappa shape index (κ2) is 5.79. The lowest BCUT2D eigenvalue weighted by Gasteiger charge is -2.16. The largest absolute Gasteiger partial charge is 0.480 e. The van der Waals surface area contributed by atoms with Crippen LogP contribution in [0.15, 0.2) is 30.3 Å². The molecule has 1 aromatic carbocycles. The maximum atomic E-state index is 11.8. The van der Waals surface area contributed by atoms with E-state index in [1.807, 2.05) is 0 Å². The number of carboxylic acid groups (broad SMARTS) is 1. The van der Waals surface area contributed by atoms with Crippen LogP contribution in [0.2, 0.25) is 0 Å². The van der Waals surface area contributed by atoms with Gasteiger partial charge in [-0.25, -0.2) is 8.42 Å². The number of rotatable bonds is 6. The first-order chi connectivity index (χ1) is 7.97. The summed E-state index contributed by atoms with van der Waals surface area (Å²) < 4.78 is 28.8. The van der Waals surface area contributed by atoms with Gasteiger partial charge in [-0.3, -0.25) is 4.79 Å². The van der Waals surface area contributed by atoms with Crippen molar-refractivity contribution in [2.45, 2.75) is 12.4 Å². The summed E-state index contributed by atoms with van der Waals surface area (Å²) in [6, 6.07) is 8.30. The topological polar surface area (TPSA) is 80.7 Å². The van der Waals surface area contributed by atoms with Gasteiger partial charge in [-0.15, -0.1) is 0 Å². The molecule has 0 heterocycles. The molecule has 17 heavy (non-hydrogen) atoms. The summed E-state index contributed by atoms with van der Waals surface area (Å²) in [5.41, 5.74) is -0.777. The molecule has 1 N–H and O–H groups in total. The van der Waals surface area contributed by atoms with Crippen LogP contribution in [0, 0.1) is 0 Å². The third kappa shape index (κ3) is 3.83. The highest BCUT2D eigenvalue weighted by molar-refractivity contribution is 7.92. The zero-order valence-corrected chi connectivity index (χ0v) is 10.2. The van der Waals surface area contributed by atoms with Gasteiger partial charge in [0.05, 0.1) is 0 Å². The normalized spacial score (nSPS) is 13.2. The molecule has 6 heteroatoms. The molecule has 1 atom stereocenters. The highest BCUT2D eigenvalue weighted by Gasteiger charge is 2.29. The number of hydrogen-bond donors (Lipinski definition) is 1. The van der Waals surface area contributed by atoms with Crippen molar-refractivity contribution in [1.29, 1.82) is 0 Å². The van der Waals surface area contributed by atoms with Gasteiger partial charge in [0.15, 0.2) is 21.0 Å². The van der Waals surface area contributed by atoms with Crippen LogP contribution in [0.3, 0.4) is 0 Å². The third-order valence-corrected chi connectivity index (χ3v) is 3.75. The van der Waals surface area contributed by atoms with Gasteiger partial charge in [0.2, 0.25) is 0 Å². The van der Waals surface area contributed by atoms with Gasteiger partial charge in [0, 0.05) is 6.61 Å². The van der Waals surface area contributed by atoms with Crippen molar-refractivity contribution in [2.24, 2.45) is 0 Å². The summed E-state index contributed by atoms with van der Waals surface area (Å²) in [6.45, 7) is 1.85. The fourth-order valence-corrected chi connectivity index (χ4v) is 2.83. The van der Waals surface area contributed by atoms with Crippen molar-refractivity contribution in [3.8, 4) is 0 Å². The van der Waals surface area contributed by atoms with Crippen LogP contribution in [0.25, 0.3) is 0 Å². The van der Waals surface area contributed by atoms with E-state index >= 15 is 0 Å². The Bertz CT molecular complexity index is 466. The molecular weight excluding hydrogens is 244 g/mol. The minimum atomic E-state index is -3.86. The van der Waals surface area contributed by atoms with Crippen LogP contribution in [0.5, 0.6) is 0 Å². The Morgan fingerprint density at radius 2 is 1.94 bits per heavy atom. The lowest BCUT2D eigenvalue weighted by Crippen LogP contribution is -2.24. The van der Waals surface area contributed by atoms with Crippen molar-refractivity contribution < 1.29 is 23.1 Å². The molecule has 0 aliphatic heterocycles. The van der Waals surface area contributed by atoms with Crippen LogP contribution < -0.4 is 0 Å². The Balaban J connectivity index is 3.06. The second-order valence-electron chi connectivity index (χ2n) is 3.40. The molecule has 0 spiro atoms. The fraction of sp³-hybridized carbons (Fsp3) is 0.364. The fourth-order valence-electron chi connectivity index (χ4n) is 1.42. The van der Waals surface area contributed by atoms with Gasteiger partial charge in [-0.05, 0) is 12.5 Å². The standard InChI is InChI=1S/C11H14O5S/c1-2-16-11(9-6-4-3-5-7-9)17(14,15)8-10(12)13/h3-7,11H,2,8H2,1H3,(H,12,13). The van der Waals surface area contributed by atoms with Crippen LogP contribution in [-0.2, 0) is 19.4 Å². The quantitative estimate of drug-likeness (QED) is 0.829. The molecule has 0 saturated carbocycles. The predicted molar refractivity (Wildman–Crippen MR) is 62.2 cm³/mol. The molecule has 0 radical (unpaired) electrons. The summed E-state index contributed by atoms with van der Waals surface area (Å²) in [5, 5.41) is 8.58. The van der Waals surface area contributed by atoms with E-state index in [0.29, 0.717) is 5.56 Å². The molecule has 5 nitrogen and oxygen atoms in total. The van der Waals surface area contributed by atoms with E-state index in [1.165, 1.54) is 0 Å². The number of benzene rings is 1. The van der Waals surface area contributed by atoms with Crippen molar-refractivity contribution in [3.05, 3.63) is 35.9 Å². The van der Waals surface area contributed by atoms with Gasteiger partial charge < -0.3 is 9.84 Å². The van der Waals surface area contributed by atoms with Gasteiger partial charge >= 0.3 is 5.97 Å². The van der Waals surface area contributed by atoms with Crippen LogP contribution in [-0.4, -0.2) is 31.9 Å². The molecule has 0 saturated heterocycles. The molecule has 94 valence electrons. The molecule has 0 aliphatic carbocycles. The Hall–Kier alpha value is -1.40. The van der Waals surface area contributed by atoms with E-state index in [0.717, 1.165) is 0 Å². The predicted octanol–water partition coefficient (Wildman–Crippen LogP) is 1.22. The van der Waals surface area contributed by atoms with Gasteiger partial charge in [-0.2, -0.15) is 0 Å². The summed E-state index contributed by atoms with van der Waals surface area (Å²) >= 11 is 0. The second-order valence-corrected chi connectivity index (χ2v) is 5.44. The molecule has 1 aromatic rings. The maximum Gasteiger partial charge on any atom is 0.318 e. The van der Waals surface area contributed by atoms with E-state index in [1.54, 1.807) is 37.3 Å². The zero-order valence-electron chi connectivity index (χ0n) is 9.37. The average molecular weight is 258 g/mol. The van der Waals surface area contributed by atoms with Crippen molar-refractivity contribution in [2.75, 3.05) is 12.4 Å². The maximum absolute atomic E-state index is 11.8. The van der Waals surface area contributed by atoms with E-state index < -0.39 is 27.0 Å². The summed E-state index contributed by atoms with van der Waals surface area (Å²) in [6.07, 6.45) is 0. The average Bonchev–Trinajstić information content (AvgIpc) is 2.25. The van der Waals surface area contributed by atoms with E-state index in [4.69, 9.17) is 9.84 Å². The smallest absolute Gasteiger partial charge is 0.318 e. The van der Waals surface area contributed by atoms with Crippen LogP contribution in [0.1, 0.15) is 17.9 Å². The molecule has 0 aliphatic rings. The molecular formula is C11H14O5S. The van der Waals surface area contributed by atoms with Gasteiger partial charge in [0.25, 0.3) is 0 Å². The lowest BCUT2D eigenvalue weighted by atomic mass is 10.2. The Kier molecular flexibility index (Phi) is 4.65. The molecule has 0 aromatic heterocycles. The Labute approximate surface area is 100.0 Å². The molecule has 0 amide bonds. The molecule has 1 unspecified atom stereocenters. The highest BCUT2D eigenvalue weighted by Crippen LogP contribution is 2.24. The molecule has 0 fully saturated rings. The van der Waals surface area contributed by atoms with Crippen LogP contribution >= 0.6 is 0 Å². The van der Waals surface area contributed by atoms with Crippen molar-refractivity contribution in [1.82, 2.24) is 0 Å². The van der Waals surface area contributed by atoms with E-state index in [9.17, 15) is 13.2 Å². The van der Waals surface area contributed by atoms with Gasteiger partial charge in [0.1, 0.15) is 0 Å².